The second-order valence-corrected chi connectivity index (χ2v) is 7.09. The minimum atomic E-state index is -4.92. The number of amides is 1. The molecule has 2 atom stereocenters. The van der Waals surface area contributed by atoms with Crippen molar-refractivity contribution in [2.75, 3.05) is 20.2 Å². The number of hydrogen-bond acceptors (Lipinski definition) is 3. The first-order chi connectivity index (χ1) is 13.1. The first-order valence-electron chi connectivity index (χ1n) is 8.76. The first-order valence-corrected chi connectivity index (χ1v) is 8.76. The normalized spacial score (nSPS) is 21.0. The van der Waals surface area contributed by atoms with E-state index >= 15 is 0 Å². The number of likely N-dealkylation sites (tertiary alicyclic amines) is 1. The summed E-state index contributed by atoms with van der Waals surface area (Å²) in [6.45, 7) is 0.515. The predicted octanol–water partition coefficient (Wildman–Crippen LogP) is 3.82. The van der Waals surface area contributed by atoms with Crippen LogP contribution in [0.25, 0.3) is 10.8 Å². The smallest absolute Gasteiger partial charge is 0.406 e. The number of benzene rings is 2. The van der Waals surface area contributed by atoms with Crippen LogP contribution in [0.15, 0.2) is 36.4 Å². The highest BCUT2D eigenvalue weighted by atomic mass is 19.4. The van der Waals surface area contributed by atoms with Gasteiger partial charge < -0.3 is 14.7 Å². The van der Waals surface area contributed by atoms with Gasteiger partial charge >= 0.3 is 12.1 Å². The number of aliphatic carboxylic acids is 1. The fraction of sp³-hybridized carbons (Fsp3) is 0.400. The van der Waals surface area contributed by atoms with Gasteiger partial charge in [-0.25, -0.2) is 0 Å². The third kappa shape index (κ3) is 3.27. The van der Waals surface area contributed by atoms with E-state index in [1.165, 1.54) is 0 Å². The van der Waals surface area contributed by atoms with Crippen LogP contribution in [0.2, 0.25) is 0 Å². The van der Waals surface area contributed by atoms with E-state index in [2.05, 4.69) is 0 Å². The summed E-state index contributed by atoms with van der Waals surface area (Å²) in [6, 6.07) is 10.8. The monoisotopic (exact) mass is 395 g/mol. The molecule has 0 aliphatic carbocycles. The summed E-state index contributed by atoms with van der Waals surface area (Å²) < 4.78 is 45.2. The Balaban J connectivity index is 1.83. The number of carbonyl (C=O) groups excluding carboxylic acids is 1. The Morgan fingerprint density at radius 3 is 2.39 bits per heavy atom. The zero-order chi connectivity index (χ0) is 20.7. The Morgan fingerprint density at radius 1 is 1.18 bits per heavy atom. The van der Waals surface area contributed by atoms with Gasteiger partial charge in [0, 0.05) is 13.1 Å². The van der Waals surface area contributed by atoms with Crippen molar-refractivity contribution >= 4 is 22.6 Å². The van der Waals surface area contributed by atoms with Crippen LogP contribution in [-0.2, 0) is 9.59 Å². The number of ether oxygens (including phenoxy) is 1. The fourth-order valence-corrected chi connectivity index (χ4v) is 3.58. The van der Waals surface area contributed by atoms with E-state index in [0.717, 1.165) is 15.7 Å². The molecule has 28 heavy (non-hydrogen) atoms. The number of carboxylic acids is 1. The van der Waals surface area contributed by atoms with Crippen LogP contribution in [0.3, 0.4) is 0 Å². The Bertz CT molecular complexity index is 927. The molecule has 2 aromatic carbocycles. The summed E-state index contributed by atoms with van der Waals surface area (Å²) in [6.07, 6.45) is -5.55. The Labute approximate surface area is 159 Å². The average Bonchev–Trinajstić information content (AvgIpc) is 3.13. The SMILES string of the molecule is COc1ccc2cc([C@H](C)C(=O)N3CCC(C(=O)O)(C(F)(F)F)C3)ccc2c1. The number of fused-ring (bicyclic) bond motifs is 1. The lowest BCUT2D eigenvalue weighted by atomic mass is 9.86. The number of rotatable bonds is 4. The summed E-state index contributed by atoms with van der Waals surface area (Å²) in [7, 11) is 1.56. The molecule has 1 amide bonds. The molecule has 1 heterocycles. The average molecular weight is 395 g/mol. The van der Waals surface area contributed by atoms with Gasteiger partial charge in [-0.05, 0) is 41.8 Å². The molecular weight excluding hydrogens is 375 g/mol. The summed E-state index contributed by atoms with van der Waals surface area (Å²) in [5, 5.41) is 10.9. The molecular formula is C20H20F3NO4. The quantitative estimate of drug-likeness (QED) is 0.855. The van der Waals surface area contributed by atoms with E-state index in [0.29, 0.717) is 11.3 Å². The highest BCUT2D eigenvalue weighted by Gasteiger charge is 2.64. The second kappa shape index (κ2) is 7.00. The molecule has 2 aromatic rings. The van der Waals surface area contributed by atoms with E-state index < -0.39 is 42.4 Å². The van der Waals surface area contributed by atoms with Crippen LogP contribution in [0.4, 0.5) is 13.2 Å². The molecule has 0 radical (unpaired) electrons. The molecule has 150 valence electrons. The van der Waals surface area contributed by atoms with E-state index in [1.807, 2.05) is 24.3 Å². The minimum Gasteiger partial charge on any atom is -0.497 e. The van der Waals surface area contributed by atoms with Crippen LogP contribution in [0.1, 0.15) is 24.8 Å². The molecule has 3 rings (SSSR count). The van der Waals surface area contributed by atoms with Crippen LogP contribution in [0, 0.1) is 5.41 Å². The number of hydrogen-bond donors (Lipinski definition) is 1. The number of carbonyl (C=O) groups is 2. The molecule has 1 aliphatic heterocycles. The molecule has 1 unspecified atom stereocenters. The van der Waals surface area contributed by atoms with Crippen molar-refractivity contribution in [2.45, 2.75) is 25.4 Å². The lowest BCUT2D eigenvalue weighted by molar-refractivity contribution is -0.227. The molecule has 0 bridgehead atoms. The van der Waals surface area contributed by atoms with E-state index in [-0.39, 0.29) is 6.54 Å². The first kappa shape index (κ1) is 20.0. The van der Waals surface area contributed by atoms with Crippen LogP contribution in [0.5, 0.6) is 5.75 Å². The van der Waals surface area contributed by atoms with E-state index in [1.54, 1.807) is 26.2 Å². The largest absolute Gasteiger partial charge is 0.497 e. The van der Waals surface area contributed by atoms with Crippen molar-refractivity contribution < 1.29 is 32.6 Å². The zero-order valence-electron chi connectivity index (χ0n) is 15.4. The van der Waals surface area contributed by atoms with Gasteiger partial charge in [-0.1, -0.05) is 24.3 Å². The van der Waals surface area contributed by atoms with Gasteiger partial charge in [-0.15, -0.1) is 0 Å². The summed E-state index contributed by atoms with van der Waals surface area (Å²) in [4.78, 5) is 25.1. The number of methoxy groups -OCH3 is 1. The fourth-order valence-electron chi connectivity index (χ4n) is 3.58. The van der Waals surface area contributed by atoms with Crippen molar-refractivity contribution in [3.8, 4) is 5.75 Å². The van der Waals surface area contributed by atoms with Gasteiger partial charge in [0.2, 0.25) is 5.91 Å². The molecule has 0 aromatic heterocycles. The zero-order valence-corrected chi connectivity index (χ0v) is 15.4. The van der Waals surface area contributed by atoms with Crippen molar-refractivity contribution in [1.82, 2.24) is 4.90 Å². The predicted molar refractivity (Wildman–Crippen MR) is 96.2 cm³/mol. The third-order valence-corrected chi connectivity index (χ3v) is 5.47. The maximum atomic E-state index is 13.3. The van der Waals surface area contributed by atoms with Gasteiger partial charge in [-0.3, -0.25) is 9.59 Å². The van der Waals surface area contributed by atoms with Gasteiger partial charge in [-0.2, -0.15) is 13.2 Å². The Kier molecular flexibility index (Phi) is 4.99. The third-order valence-electron chi connectivity index (χ3n) is 5.47. The topological polar surface area (TPSA) is 66.8 Å². The van der Waals surface area contributed by atoms with Crippen molar-refractivity contribution in [3.63, 3.8) is 0 Å². The molecule has 1 saturated heterocycles. The van der Waals surface area contributed by atoms with Crippen LogP contribution < -0.4 is 4.74 Å². The lowest BCUT2D eigenvalue weighted by Crippen LogP contribution is -2.48. The summed E-state index contributed by atoms with van der Waals surface area (Å²) >= 11 is 0. The van der Waals surface area contributed by atoms with Crippen LogP contribution >= 0.6 is 0 Å². The summed E-state index contributed by atoms with van der Waals surface area (Å²) in [5.41, 5.74) is -2.25. The number of alkyl halides is 3. The number of carboxylic acid groups (broad SMARTS) is 1. The maximum Gasteiger partial charge on any atom is 0.406 e. The van der Waals surface area contributed by atoms with Crippen LogP contribution in [-0.4, -0.2) is 48.3 Å². The Morgan fingerprint density at radius 2 is 1.82 bits per heavy atom. The van der Waals surface area contributed by atoms with E-state index in [4.69, 9.17) is 9.84 Å². The molecule has 1 N–H and O–H groups in total. The molecule has 0 spiro atoms. The minimum absolute atomic E-state index is 0.236. The van der Waals surface area contributed by atoms with Gasteiger partial charge in [0.1, 0.15) is 5.75 Å². The lowest BCUT2D eigenvalue weighted by Gasteiger charge is -2.28. The molecule has 8 heteroatoms. The van der Waals surface area contributed by atoms with Gasteiger partial charge in [0.25, 0.3) is 0 Å². The number of halogens is 3. The number of nitrogens with zero attached hydrogens (tertiary/aromatic N) is 1. The van der Waals surface area contributed by atoms with E-state index in [9.17, 15) is 22.8 Å². The Hall–Kier alpha value is -2.77. The summed E-state index contributed by atoms with van der Waals surface area (Å²) in [5.74, 6) is -2.45. The van der Waals surface area contributed by atoms with Gasteiger partial charge in [0.15, 0.2) is 5.41 Å². The molecule has 0 saturated carbocycles. The highest BCUT2D eigenvalue weighted by Crippen LogP contribution is 2.46. The molecule has 1 aliphatic rings. The second-order valence-electron chi connectivity index (χ2n) is 7.09. The molecule has 1 fully saturated rings. The maximum absolute atomic E-state index is 13.3. The van der Waals surface area contributed by atoms with Crippen molar-refractivity contribution in [1.29, 1.82) is 0 Å². The van der Waals surface area contributed by atoms with Crippen molar-refractivity contribution in [3.05, 3.63) is 42.0 Å². The standard InChI is InChI=1S/C20H20F3NO4/c1-12(13-3-4-15-10-16(28-2)6-5-14(15)9-13)17(25)24-8-7-19(11-24,18(26)27)20(21,22)23/h3-6,9-10,12H,7-8,11H2,1-2H3,(H,26,27)/t12-,19?/m0/s1. The molecule has 5 nitrogen and oxygen atoms in total. The van der Waals surface area contributed by atoms with Gasteiger partial charge in [0.05, 0.1) is 13.0 Å². The highest BCUT2D eigenvalue weighted by molar-refractivity contribution is 5.89. The van der Waals surface area contributed by atoms with Crippen molar-refractivity contribution in [2.24, 2.45) is 5.41 Å².